The van der Waals surface area contributed by atoms with Crippen LogP contribution in [0.25, 0.3) is 0 Å². The van der Waals surface area contributed by atoms with Crippen molar-refractivity contribution in [2.75, 3.05) is 38.5 Å². The number of carbonyl (C=O) groups is 2. The number of hydrogen-bond acceptors (Lipinski definition) is 6. The fourth-order valence-electron chi connectivity index (χ4n) is 3.85. The van der Waals surface area contributed by atoms with Crippen LogP contribution in [0.2, 0.25) is 0 Å². The molecule has 1 aromatic carbocycles. The number of likely N-dealkylation sites (N-methyl/N-ethyl adjacent to an activating group) is 1. The van der Waals surface area contributed by atoms with Crippen LogP contribution in [0.1, 0.15) is 44.1 Å². The summed E-state index contributed by atoms with van der Waals surface area (Å²) in [5.74, 6) is -1.51. The molecular formula is C23H31F2N5O3. The number of piperazine rings is 1. The van der Waals surface area contributed by atoms with Crippen LogP contribution in [0.3, 0.4) is 0 Å². The van der Waals surface area contributed by atoms with Gasteiger partial charge < -0.3 is 20.1 Å². The Balaban J connectivity index is 1.58. The highest BCUT2D eigenvalue weighted by Crippen LogP contribution is 2.24. The van der Waals surface area contributed by atoms with Crippen molar-refractivity contribution in [1.82, 2.24) is 20.3 Å². The Hall–Kier alpha value is -2.85. The number of halogens is 2. The van der Waals surface area contributed by atoms with Gasteiger partial charge in [0.15, 0.2) is 11.6 Å². The van der Waals surface area contributed by atoms with E-state index in [1.165, 1.54) is 0 Å². The van der Waals surface area contributed by atoms with Gasteiger partial charge in [-0.3, -0.25) is 14.5 Å². The third kappa shape index (κ3) is 7.06. The number of anilines is 1. The summed E-state index contributed by atoms with van der Waals surface area (Å²) in [6.45, 7) is 7.71. The predicted octanol–water partition coefficient (Wildman–Crippen LogP) is 2.73. The molecule has 2 unspecified atom stereocenters. The van der Waals surface area contributed by atoms with Crippen molar-refractivity contribution in [3.8, 4) is 0 Å². The summed E-state index contributed by atoms with van der Waals surface area (Å²) in [6.07, 6.45) is 0.813. The van der Waals surface area contributed by atoms with Crippen LogP contribution in [0.5, 0.6) is 0 Å². The molecule has 2 aromatic rings. The summed E-state index contributed by atoms with van der Waals surface area (Å²) >= 11 is 0. The lowest BCUT2D eigenvalue weighted by Gasteiger charge is -2.35. The van der Waals surface area contributed by atoms with Gasteiger partial charge in [-0.05, 0) is 38.1 Å². The largest absolute Gasteiger partial charge is 0.358 e. The topological polar surface area (TPSA) is 90.7 Å². The molecule has 1 aliphatic heterocycles. The summed E-state index contributed by atoms with van der Waals surface area (Å²) in [6, 6.07) is 3.84. The Morgan fingerprint density at radius 1 is 1.12 bits per heavy atom. The first kappa shape index (κ1) is 24.8. The van der Waals surface area contributed by atoms with E-state index in [4.69, 9.17) is 4.52 Å². The molecular weight excluding hydrogens is 432 g/mol. The molecule has 33 heavy (non-hydrogen) atoms. The lowest BCUT2D eigenvalue weighted by Crippen LogP contribution is -2.45. The molecule has 2 amide bonds. The van der Waals surface area contributed by atoms with Crippen LogP contribution in [0.4, 0.5) is 14.6 Å². The summed E-state index contributed by atoms with van der Waals surface area (Å²) < 4.78 is 32.2. The van der Waals surface area contributed by atoms with E-state index in [0.717, 1.165) is 44.4 Å². The smallest absolute Gasteiger partial charge is 0.248 e. The molecule has 0 spiro atoms. The van der Waals surface area contributed by atoms with Gasteiger partial charge in [0.1, 0.15) is 17.7 Å². The van der Waals surface area contributed by atoms with Crippen LogP contribution in [0.15, 0.2) is 28.8 Å². The maximum atomic E-state index is 13.4. The zero-order chi connectivity index (χ0) is 24.0. The summed E-state index contributed by atoms with van der Waals surface area (Å²) in [7, 11) is 2.09. The van der Waals surface area contributed by atoms with E-state index in [-0.39, 0.29) is 23.8 Å². The molecule has 2 N–H and O–H groups in total. The van der Waals surface area contributed by atoms with Gasteiger partial charge in [-0.15, -0.1) is 0 Å². The zero-order valence-electron chi connectivity index (χ0n) is 19.2. The van der Waals surface area contributed by atoms with Crippen LogP contribution < -0.4 is 10.6 Å². The normalized spacial score (nSPS) is 16.9. The van der Waals surface area contributed by atoms with Crippen molar-refractivity contribution >= 4 is 17.6 Å². The Morgan fingerprint density at radius 3 is 2.42 bits per heavy atom. The van der Waals surface area contributed by atoms with E-state index in [1.54, 1.807) is 6.07 Å². The summed E-state index contributed by atoms with van der Waals surface area (Å²) in [5.41, 5.74) is 0.194. The third-order valence-corrected chi connectivity index (χ3v) is 5.79. The van der Waals surface area contributed by atoms with E-state index in [2.05, 4.69) is 32.6 Å². The first-order valence-electron chi connectivity index (χ1n) is 11.2. The van der Waals surface area contributed by atoms with Gasteiger partial charge >= 0.3 is 0 Å². The second-order valence-electron chi connectivity index (χ2n) is 8.48. The molecule has 1 aliphatic rings. The Morgan fingerprint density at radius 2 is 1.79 bits per heavy atom. The molecule has 8 nitrogen and oxygen atoms in total. The fourth-order valence-corrected chi connectivity index (χ4v) is 3.85. The lowest BCUT2D eigenvalue weighted by molar-refractivity contribution is -0.126. The molecule has 1 fully saturated rings. The third-order valence-electron chi connectivity index (χ3n) is 5.79. The fraction of sp³-hybridized carbons (Fsp3) is 0.522. The number of hydrogen-bond donors (Lipinski definition) is 2. The maximum absolute atomic E-state index is 13.4. The number of amides is 2. The number of carbonyl (C=O) groups excluding carboxylic acids is 2. The molecule has 3 rings (SSSR count). The van der Waals surface area contributed by atoms with Crippen molar-refractivity contribution in [2.45, 2.75) is 45.2 Å². The number of rotatable bonds is 9. The monoisotopic (exact) mass is 463 g/mol. The zero-order valence-corrected chi connectivity index (χ0v) is 19.2. The standard InChI is InChI=1S/C23H31F2N5O3/c1-4-5-19(26-22(31)12-16-10-17(24)13-18(25)11-16)23(32)27-21-14-20(33-28-21)15(2)30-8-6-29(3)7-9-30/h10-11,13-15,19H,4-9,12H2,1-3H3,(H,26,31)(H,27,28,32). The summed E-state index contributed by atoms with van der Waals surface area (Å²) in [4.78, 5) is 29.7. The van der Waals surface area contributed by atoms with Gasteiger partial charge in [0, 0.05) is 38.3 Å². The van der Waals surface area contributed by atoms with Gasteiger partial charge in [-0.1, -0.05) is 18.5 Å². The minimum Gasteiger partial charge on any atom is -0.358 e. The molecule has 0 bridgehead atoms. The highest BCUT2D eigenvalue weighted by Gasteiger charge is 2.25. The van der Waals surface area contributed by atoms with Crippen LogP contribution >= 0.6 is 0 Å². The molecule has 0 radical (unpaired) electrons. The van der Waals surface area contributed by atoms with Crippen molar-refractivity contribution in [3.05, 3.63) is 47.2 Å². The minimum absolute atomic E-state index is 0.0228. The van der Waals surface area contributed by atoms with E-state index in [9.17, 15) is 18.4 Å². The Kier molecular flexibility index (Phi) is 8.51. The van der Waals surface area contributed by atoms with Crippen LogP contribution in [0, 0.1) is 11.6 Å². The van der Waals surface area contributed by atoms with Crippen molar-refractivity contribution < 1.29 is 22.9 Å². The second kappa shape index (κ2) is 11.3. The number of nitrogens with zero attached hydrogens (tertiary/aromatic N) is 3. The quantitative estimate of drug-likeness (QED) is 0.594. The SMILES string of the molecule is CCCC(NC(=O)Cc1cc(F)cc(F)c1)C(=O)Nc1cc(C(C)N2CCN(C)CC2)on1. The molecule has 0 aliphatic carbocycles. The number of nitrogens with one attached hydrogen (secondary N) is 2. The predicted molar refractivity (Wildman–Crippen MR) is 120 cm³/mol. The molecule has 1 saturated heterocycles. The Labute approximate surface area is 192 Å². The van der Waals surface area contributed by atoms with Gasteiger partial charge in [-0.2, -0.15) is 0 Å². The molecule has 1 aromatic heterocycles. The molecule has 2 atom stereocenters. The second-order valence-corrected chi connectivity index (χ2v) is 8.48. The van der Waals surface area contributed by atoms with E-state index in [1.807, 2.05) is 13.8 Å². The first-order valence-corrected chi connectivity index (χ1v) is 11.2. The van der Waals surface area contributed by atoms with Crippen LogP contribution in [-0.4, -0.2) is 66.0 Å². The van der Waals surface area contributed by atoms with Gasteiger partial charge in [0.25, 0.3) is 0 Å². The highest BCUT2D eigenvalue weighted by molar-refractivity contribution is 5.96. The number of benzene rings is 1. The van der Waals surface area contributed by atoms with E-state index < -0.39 is 29.5 Å². The highest BCUT2D eigenvalue weighted by atomic mass is 19.1. The van der Waals surface area contributed by atoms with E-state index in [0.29, 0.717) is 18.6 Å². The molecule has 2 heterocycles. The van der Waals surface area contributed by atoms with Gasteiger partial charge in [0.2, 0.25) is 11.8 Å². The molecule has 180 valence electrons. The van der Waals surface area contributed by atoms with E-state index >= 15 is 0 Å². The van der Waals surface area contributed by atoms with Crippen molar-refractivity contribution in [3.63, 3.8) is 0 Å². The van der Waals surface area contributed by atoms with Gasteiger partial charge in [-0.25, -0.2) is 8.78 Å². The average Bonchev–Trinajstić information content (AvgIpc) is 3.21. The maximum Gasteiger partial charge on any atom is 0.248 e. The van der Waals surface area contributed by atoms with Gasteiger partial charge in [0.05, 0.1) is 12.5 Å². The minimum atomic E-state index is -0.809. The lowest BCUT2D eigenvalue weighted by atomic mass is 10.1. The summed E-state index contributed by atoms with van der Waals surface area (Å²) in [5, 5.41) is 9.29. The number of aromatic nitrogens is 1. The van der Waals surface area contributed by atoms with Crippen LogP contribution in [-0.2, 0) is 16.0 Å². The van der Waals surface area contributed by atoms with Crippen molar-refractivity contribution in [2.24, 2.45) is 0 Å². The van der Waals surface area contributed by atoms with Crippen molar-refractivity contribution in [1.29, 1.82) is 0 Å². The first-order chi connectivity index (χ1) is 15.7. The molecule has 0 saturated carbocycles. The molecule has 10 heteroatoms. The Bertz CT molecular complexity index is 939. The average molecular weight is 464 g/mol.